The summed E-state index contributed by atoms with van der Waals surface area (Å²) in [5, 5.41) is 4.15. The average Bonchev–Trinajstić information content (AvgIpc) is 2.49. The van der Waals surface area contributed by atoms with Gasteiger partial charge in [0.05, 0.1) is 17.6 Å². The van der Waals surface area contributed by atoms with E-state index in [-0.39, 0.29) is 0 Å². The van der Waals surface area contributed by atoms with Gasteiger partial charge in [0.25, 0.3) is 0 Å². The van der Waals surface area contributed by atoms with E-state index in [0.717, 1.165) is 17.0 Å². The van der Waals surface area contributed by atoms with Crippen molar-refractivity contribution in [1.29, 1.82) is 0 Å². The third-order valence-corrected chi connectivity index (χ3v) is 2.33. The van der Waals surface area contributed by atoms with Gasteiger partial charge in [-0.25, -0.2) is 0 Å². The van der Waals surface area contributed by atoms with E-state index in [1.54, 1.807) is 12.4 Å². The zero-order valence-corrected chi connectivity index (χ0v) is 8.23. The summed E-state index contributed by atoms with van der Waals surface area (Å²) in [5.74, 6) is 0. The Hall–Kier alpha value is -1.84. The van der Waals surface area contributed by atoms with Gasteiger partial charge in [0.2, 0.25) is 0 Å². The minimum atomic E-state index is 0.684. The fourth-order valence-electron chi connectivity index (χ4n) is 1.37. The molecule has 0 aliphatic heterocycles. The highest BCUT2D eigenvalue weighted by Crippen LogP contribution is 2.25. The van der Waals surface area contributed by atoms with Crippen molar-refractivity contribution < 1.29 is 0 Å². The van der Waals surface area contributed by atoms with Crippen LogP contribution in [-0.4, -0.2) is 14.8 Å². The second-order valence-electron chi connectivity index (χ2n) is 3.21. The third kappa shape index (κ3) is 1.25. The van der Waals surface area contributed by atoms with E-state index in [4.69, 9.17) is 5.73 Å². The lowest BCUT2D eigenvalue weighted by Crippen LogP contribution is -1.95. The number of nitrogens with zero attached hydrogens (tertiary/aromatic N) is 3. The summed E-state index contributed by atoms with van der Waals surface area (Å²) in [7, 11) is 1.90. The van der Waals surface area contributed by atoms with Crippen LogP contribution in [-0.2, 0) is 7.05 Å². The largest absolute Gasteiger partial charge is 0.397 e. The standard InChI is InChI=1S/C10H12N4/c1-7-8(6-13-14(7)2)10-9(11)4-3-5-12-10/h3-6H,11H2,1-2H3. The summed E-state index contributed by atoms with van der Waals surface area (Å²) in [6.07, 6.45) is 3.52. The molecule has 0 spiro atoms. The molecule has 0 atom stereocenters. The summed E-state index contributed by atoms with van der Waals surface area (Å²) < 4.78 is 1.81. The molecule has 0 aromatic carbocycles. The number of rotatable bonds is 1. The molecule has 0 bridgehead atoms. The number of aromatic nitrogens is 3. The molecule has 4 nitrogen and oxygen atoms in total. The smallest absolute Gasteiger partial charge is 0.0965 e. The SMILES string of the molecule is Cc1c(-c2ncccc2N)cnn1C. The molecule has 4 heteroatoms. The lowest BCUT2D eigenvalue weighted by Gasteiger charge is -2.02. The second-order valence-corrected chi connectivity index (χ2v) is 3.21. The summed E-state index contributed by atoms with van der Waals surface area (Å²) in [5.41, 5.74) is 9.38. The van der Waals surface area contributed by atoms with Gasteiger partial charge < -0.3 is 5.73 Å². The van der Waals surface area contributed by atoms with Crippen LogP contribution in [0.2, 0.25) is 0 Å². The Bertz CT molecular complexity index is 459. The quantitative estimate of drug-likeness (QED) is 0.735. The van der Waals surface area contributed by atoms with E-state index in [1.165, 1.54) is 0 Å². The number of nitrogen functional groups attached to an aromatic ring is 1. The first-order chi connectivity index (χ1) is 6.70. The number of hydrogen-bond donors (Lipinski definition) is 1. The first-order valence-electron chi connectivity index (χ1n) is 4.39. The molecular weight excluding hydrogens is 176 g/mol. The number of anilines is 1. The molecule has 14 heavy (non-hydrogen) atoms. The van der Waals surface area contributed by atoms with E-state index in [2.05, 4.69) is 10.1 Å². The Morgan fingerprint density at radius 3 is 2.79 bits per heavy atom. The highest BCUT2D eigenvalue weighted by Gasteiger charge is 2.09. The minimum Gasteiger partial charge on any atom is -0.397 e. The van der Waals surface area contributed by atoms with Crippen LogP contribution < -0.4 is 5.73 Å². The molecule has 2 aromatic heterocycles. The van der Waals surface area contributed by atoms with Crippen LogP contribution in [0.25, 0.3) is 11.3 Å². The molecule has 0 amide bonds. The molecule has 2 rings (SSSR count). The Morgan fingerprint density at radius 1 is 1.43 bits per heavy atom. The van der Waals surface area contributed by atoms with Crippen LogP contribution >= 0.6 is 0 Å². The summed E-state index contributed by atoms with van der Waals surface area (Å²) in [4.78, 5) is 4.24. The van der Waals surface area contributed by atoms with Crippen LogP contribution in [0.4, 0.5) is 5.69 Å². The predicted molar refractivity (Wildman–Crippen MR) is 55.6 cm³/mol. The Balaban J connectivity index is 2.60. The van der Waals surface area contributed by atoms with Gasteiger partial charge in [0.15, 0.2) is 0 Å². The van der Waals surface area contributed by atoms with Crippen LogP contribution in [0.1, 0.15) is 5.69 Å². The third-order valence-electron chi connectivity index (χ3n) is 2.33. The molecule has 0 saturated carbocycles. The van der Waals surface area contributed by atoms with Crippen molar-refractivity contribution >= 4 is 5.69 Å². The summed E-state index contributed by atoms with van der Waals surface area (Å²) >= 11 is 0. The Labute approximate surface area is 82.4 Å². The highest BCUT2D eigenvalue weighted by atomic mass is 15.3. The first kappa shape index (κ1) is 8.74. The molecule has 0 aliphatic rings. The maximum atomic E-state index is 5.83. The van der Waals surface area contributed by atoms with Crippen molar-refractivity contribution in [2.75, 3.05) is 5.73 Å². The zero-order valence-electron chi connectivity index (χ0n) is 8.23. The Morgan fingerprint density at radius 2 is 2.21 bits per heavy atom. The molecule has 2 aromatic rings. The molecule has 0 fully saturated rings. The fraction of sp³-hybridized carbons (Fsp3) is 0.200. The van der Waals surface area contributed by atoms with Crippen molar-refractivity contribution in [1.82, 2.24) is 14.8 Å². The maximum absolute atomic E-state index is 5.83. The van der Waals surface area contributed by atoms with Crippen molar-refractivity contribution in [2.45, 2.75) is 6.92 Å². The summed E-state index contributed by atoms with van der Waals surface area (Å²) in [6, 6.07) is 3.67. The van der Waals surface area contributed by atoms with E-state index in [9.17, 15) is 0 Å². The van der Waals surface area contributed by atoms with Gasteiger partial charge in [-0.15, -0.1) is 0 Å². The van der Waals surface area contributed by atoms with Gasteiger partial charge in [-0.05, 0) is 19.1 Å². The number of hydrogen-bond acceptors (Lipinski definition) is 3. The van der Waals surface area contributed by atoms with E-state index in [0.29, 0.717) is 5.69 Å². The number of aryl methyl sites for hydroxylation is 1. The van der Waals surface area contributed by atoms with Crippen LogP contribution in [0.5, 0.6) is 0 Å². The van der Waals surface area contributed by atoms with Crippen molar-refractivity contribution in [3.63, 3.8) is 0 Å². The van der Waals surface area contributed by atoms with Crippen molar-refractivity contribution in [3.8, 4) is 11.3 Å². The second kappa shape index (κ2) is 3.14. The monoisotopic (exact) mass is 188 g/mol. The minimum absolute atomic E-state index is 0.684. The van der Waals surface area contributed by atoms with Gasteiger partial charge in [-0.2, -0.15) is 5.10 Å². The van der Waals surface area contributed by atoms with Gasteiger partial charge in [0, 0.05) is 24.5 Å². The number of nitrogens with two attached hydrogens (primary N) is 1. The zero-order chi connectivity index (χ0) is 10.1. The molecule has 2 heterocycles. The molecule has 0 radical (unpaired) electrons. The van der Waals surface area contributed by atoms with Crippen LogP contribution in [0.15, 0.2) is 24.5 Å². The molecule has 0 saturated heterocycles. The number of pyridine rings is 1. The predicted octanol–water partition coefficient (Wildman–Crippen LogP) is 1.37. The first-order valence-corrected chi connectivity index (χ1v) is 4.39. The molecule has 0 unspecified atom stereocenters. The van der Waals surface area contributed by atoms with E-state index < -0.39 is 0 Å². The molecule has 72 valence electrons. The lowest BCUT2D eigenvalue weighted by atomic mass is 10.1. The van der Waals surface area contributed by atoms with Gasteiger partial charge >= 0.3 is 0 Å². The highest BCUT2D eigenvalue weighted by molar-refractivity contribution is 5.73. The topological polar surface area (TPSA) is 56.7 Å². The van der Waals surface area contributed by atoms with Crippen LogP contribution in [0.3, 0.4) is 0 Å². The summed E-state index contributed by atoms with van der Waals surface area (Å²) in [6.45, 7) is 2.00. The van der Waals surface area contributed by atoms with Crippen molar-refractivity contribution in [3.05, 3.63) is 30.2 Å². The van der Waals surface area contributed by atoms with Gasteiger partial charge in [0.1, 0.15) is 0 Å². The van der Waals surface area contributed by atoms with E-state index in [1.807, 2.05) is 30.8 Å². The van der Waals surface area contributed by atoms with Gasteiger partial charge in [-0.1, -0.05) is 0 Å². The fourth-order valence-corrected chi connectivity index (χ4v) is 1.37. The maximum Gasteiger partial charge on any atom is 0.0965 e. The Kier molecular flexibility index (Phi) is 1.96. The normalized spacial score (nSPS) is 10.4. The molecule has 0 aliphatic carbocycles. The van der Waals surface area contributed by atoms with Crippen molar-refractivity contribution in [2.24, 2.45) is 7.05 Å². The van der Waals surface area contributed by atoms with E-state index >= 15 is 0 Å². The average molecular weight is 188 g/mol. The lowest BCUT2D eigenvalue weighted by molar-refractivity contribution is 0.740. The van der Waals surface area contributed by atoms with Gasteiger partial charge in [-0.3, -0.25) is 9.67 Å². The van der Waals surface area contributed by atoms with Crippen LogP contribution in [0, 0.1) is 6.92 Å². The molecule has 2 N–H and O–H groups in total. The molecular formula is C10H12N4.